The molecule has 3 heterocycles. The maximum atomic E-state index is 12.1. The Morgan fingerprint density at radius 1 is 1.30 bits per heavy atom. The summed E-state index contributed by atoms with van der Waals surface area (Å²) < 4.78 is 52.9. The number of nitrogen functional groups attached to an aromatic ring is 1. The van der Waals surface area contributed by atoms with Crippen LogP contribution in [0.4, 0.5) is 5.95 Å². The van der Waals surface area contributed by atoms with E-state index in [9.17, 15) is 33.6 Å². The third-order valence-electron chi connectivity index (χ3n) is 4.30. The topological polar surface area (TPSA) is 305 Å². The monoisotopic (exact) mass is 536 g/mol. The molecular weight excluding hydrogens is 517 g/mol. The first kappa shape index (κ1) is 26.1. The molecular formula is C11H19N6O13P3. The summed E-state index contributed by atoms with van der Waals surface area (Å²) in [5.41, 5.74) is 7.63. The van der Waals surface area contributed by atoms with Crippen LogP contribution in [0, 0.1) is 0 Å². The van der Waals surface area contributed by atoms with Crippen molar-refractivity contribution in [1.82, 2.24) is 19.5 Å². The maximum Gasteiger partial charge on any atom is 0.489 e. The van der Waals surface area contributed by atoms with Crippen molar-refractivity contribution in [3.8, 4) is 0 Å². The van der Waals surface area contributed by atoms with Crippen LogP contribution in [0.5, 0.6) is 0 Å². The molecule has 22 heteroatoms. The van der Waals surface area contributed by atoms with Gasteiger partial charge in [-0.15, -0.1) is 0 Å². The Bertz CT molecular complexity index is 1250. The van der Waals surface area contributed by atoms with E-state index in [1.165, 1.54) is 0 Å². The summed E-state index contributed by atoms with van der Waals surface area (Å²) in [7, 11) is -16.1. The number of fused-ring (bicyclic) bond motifs is 1. The molecule has 19 nitrogen and oxygen atoms in total. The molecule has 1 saturated heterocycles. The van der Waals surface area contributed by atoms with Gasteiger partial charge in [-0.1, -0.05) is 0 Å². The molecule has 0 amide bonds. The molecule has 1 aliphatic rings. The number of ether oxygens (including phenoxy) is 1. The summed E-state index contributed by atoms with van der Waals surface area (Å²) in [6.45, 7) is 0.249. The molecule has 0 aliphatic carbocycles. The van der Waals surface area contributed by atoms with E-state index in [0.29, 0.717) is 0 Å². The number of hydrogen-bond acceptors (Lipinski definition) is 13. The van der Waals surface area contributed by atoms with Gasteiger partial charge in [-0.3, -0.25) is 18.9 Å². The first-order valence-corrected chi connectivity index (χ1v) is 13.2. The average Bonchev–Trinajstić information content (AvgIpc) is 3.10. The van der Waals surface area contributed by atoms with Crippen molar-refractivity contribution in [1.29, 1.82) is 0 Å². The van der Waals surface area contributed by atoms with Crippen LogP contribution in [0.1, 0.15) is 13.2 Å². The normalized spacial score (nSPS) is 29.7. The molecule has 2 aromatic heterocycles. The summed E-state index contributed by atoms with van der Waals surface area (Å²) in [6, 6.07) is 0. The second-order valence-corrected chi connectivity index (χ2v) is 11.5. The molecule has 1 aliphatic heterocycles. The highest BCUT2D eigenvalue weighted by molar-refractivity contribution is 7.67. The van der Waals surface area contributed by atoms with Crippen molar-refractivity contribution >= 4 is 40.5 Å². The van der Waals surface area contributed by atoms with Gasteiger partial charge in [0.05, 0.1) is 12.9 Å². The van der Waals surface area contributed by atoms with Crippen molar-refractivity contribution in [3.63, 3.8) is 0 Å². The second-order valence-electron chi connectivity index (χ2n) is 6.93. The van der Waals surface area contributed by atoms with E-state index in [0.717, 1.165) is 17.8 Å². The third-order valence-corrected chi connectivity index (χ3v) is 8.22. The Morgan fingerprint density at radius 2 is 1.94 bits per heavy atom. The van der Waals surface area contributed by atoms with Crippen molar-refractivity contribution in [3.05, 3.63) is 16.7 Å². The largest absolute Gasteiger partial charge is 0.489 e. The number of aromatic amines is 1. The van der Waals surface area contributed by atoms with Gasteiger partial charge in [-0.05, 0) is 6.92 Å². The standard InChI is InChI=1S/C11H19N6O13P3/c1-11(20)6(18)4(2-27-31(13,21)29-33(25,26)30-32(22,23)24)28-9(11)17-3-14-5-7(17)15-10(12)16-8(5)19/h3-4,6,9,18,20H,2H2,1H3,(H2,13,21)(H,25,26)(H2,22,23,24)(H3,12,15,16,19). The molecule has 1 fully saturated rings. The lowest BCUT2D eigenvalue weighted by Crippen LogP contribution is -2.44. The number of imidazole rings is 1. The molecule has 0 aromatic carbocycles. The highest BCUT2D eigenvalue weighted by Crippen LogP contribution is 2.65. The van der Waals surface area contributed by atoms with Crippen LogP contribution < -0.4 is 16.8 Å². The van der Waals surface area contributed by atoms with E-state index in [1.54, 1.807) is 0 Å². The van der Waals surface area contributed by atoms with Crippen molar-refractivity contribution < 1.29 is 56.5 Å². The van der Waals surface area contributed by atoms with Crippen LogP contribution in [-0.4, -0.2) is 68.8 Å². The number of H-pyrrole nitrogens is 1. The molecule has 0 radical (unpaired) electrons. The lowest BCUT2D eigenvalue weighted by atomic mass is 9.96. The lowest BCUT2D eigenvalue weighted by Gasteiger charge is -2.27. The summed E-state index contributed by atoms with van der Waals surface area (Å²) in [6.07, 6.45) is -3.57. The maximum absolute atomic E-state index is 12.1. The number of nitrogens with zero attached hydrogens (tertiary/aromatic N) is 3. The zero-order valence-electron chi connectivity index (χ0n) is 16.4. The van der Waals surface area contributed by atoms with Crippen molar-refractivity contribution in [2.75, 3.05) is 12.3 Å². The number of nitrogens with one attached hydrogen (secondary N) is 1. The van der Waals surface area contributed by atoms with E-state index >= 15 is 0 Å². The quantitative estimate of drug-likeness (QED) is 0.169. The lowest BCUT2D eigenvalue weighted by molar-refractivity contribution is -0.0948. The second kappa shape index (κ2) is 8.58. The van der Waals surface area contributed by atoms with Gasteiger partial charge >= 0.3 is 23.4 Å². The van der Waals surface area contributed by atoms with Crippen molar-refractivity contribution in [2.24, 2.45) is 5.50 Å². The van der Waals surface area contributed by atoms with Gasteiger partial charge in [-0.25, -0.2) is 24.2 Å². The Morgan fingerprint density at radius 3 is 2.55 bits per heavy atom. The molecule has 3 rings (SSSR count). The molecule has 0 bridgehead atoms. The van der Waals surface area contributed by atoms with Gasteiger partial charge in [0.25, 0.3) is 5.56 Å². The van der Waals surface area contributed by atoms with E-state index in [-0.39, 0.29) is 17.1 Å². The fraction of sp³-hybridized carbons (Fsp3) is 0.545. The van der Waals surface area contributed by atoms with Crippen LogP contribution in [-0.2, 0) is 31.6 Å². The zero-order chi connectivity index (χ0) is 25.0. The Kier molecular flexibility index (Phi) is 6.78. The predicted molar refractivity (Wildman–Crippen MR) is 105 cm³/mol. The Labute approximate surface area is 182 Å². The first-order valence-electron chi connectivity index (χ1n) is 8.54. The van der Waals surface area contributed by atoms with Crippen LogP contribution >= 0.6 is 23.4 Å². The van der Waals surface area contributed by atoms with E-state index in [4.69, 9.17) is 25.8 Å². The van der Waals surface area contributed by atoms with E-state index in [1.807, 2.05) is 0 Å². The molecule has 10 N–H and O–H groups in total. The minimum absolute atomic E-state index is 0.0982. The van der Waals surface area contributed by atoms with Crippen LogP contribution in [0.3, 0.4) is 0 Å². The molecule has 6 unspecified atom stereocenters. The predicted octanol–water partition coefficient (Wildman–Crippen LogP) is -1.98. The summed E-state index contributed by atoms with van der Waals surface area (Å²) in [4.78, 5) is 48.3. The molecule has 6 atom stereocenters. The zero-order valence-corrected chi connectivity index (χ0v) is 19.0. The Balaban J connectivity index is 1.78. The summed E-state index contributed by atoms with van der Waals surface area (Å²) >= 11 is 0. The number of nitrogens with two attached hydrogens (primary N) is 2. The number of aliphatic hydroxyl groups is 2. The molecule has 2 aromatic rings. The molecule has 33 heavy (non-hydrogen) atoms. The summed E-state index contributed by atoms with van der Waals surface area (Å²) in [5, 5.41) is 21.2. The SMILES string of the molecule is CC1(O)C(O)C(COP(N)(=O)OP(=O)(O)OP(=O)(O)O)OC1n1cnc2c(=O)[nH]c(N)nc21. The fourth-order valence-electron chi connectivity index (χ4n) is 2.99. The third kappa shape index (κ3) is 5.75. The van der Waals surface area contributed by atoms with Gasteiger partial charge in [0.1, 0.15) is 17.8 Å². The number of rotatable bonds is 8. The van der Waals surface area contributed by atoms with Crippen LogP contribution in [0.2, 0.25) is 0 Å². The Hall–Kier alpha value is -1.56. The first-order chi connectivity index (χ1) is 14.9. The van der Waals surface area contributed by atoms with Crippen LogP contribution in [0.15, 0.2) is 11.1 Å². The number of anilines is 1. The number of aromatic nitrogens is 4. The van der Waals surface area contributed by atoms with Crippen LogP contribution in [0.25, 0.3) is 11.2 Å². The highest BCUT2D eigenvalue weighted by Gasteiger charge is 2.54. The van der Waals surface area contributed by atoms with Gasteiger partial charge in [0.15, 0.2) is 17.4 Å². The summed E-state index contributed by atoms with van der Waals surface area (Å²) in [5.74, 6) is -0.264. The minimum Gasteiger partial charge on any atom is -0.387 e. The van der Waals surface area contributed by atoms with Gasteiger partial charge in [0, 0.05) is 0 Å². The number of phosphoric acid groups is 2. The van der Waals surface area contributed by atoms with Gasteiger partial charge in [0.2, 0.25) is 5.95 Å². The molecule has 0 saturated carbocycles. The van der Waals surface area contributed by atoms with Gasteiger partial charge in [-0.2, -0.15) is 13.6 Å². The van der Waals surface area contributed by atoms with E-state index in [2.05, 4.69) is 28.1 Å². The molecule has 0 spiro atoms. The van der Waals surface area contributed by atoms with Gasteiger partial charge < -0.3 is 35.4 Å². The number of aliphatic hydroxyl groups excluding tert-OH is 1. The van der Waals surface area contributed by atoms with Crippen molar-refractivity contribution in [2.45, 2.75) is 31.0 Å². The molecule has 186 valence electrons. The number of hydrogen-bond donors (Lipinski definition) is 8. The smallest absolute Gasteiger partial charge is 0.387 e. The van der Waals surface area contributed by atoms with E-state index < -0.39 is 59.6 Å². The fourth-order valence-corrected chi connectivity index (χ4v) is 6.14. The minimum atomic E-state index is -5.62. The highest BCUT2D eigenvalue weighted by atomic mass is 31.3. The average molecular weight is 536 g/mol.